The highest BCUT2D eigenvalue weighted by Crippen LogP contribution is 2.57. The van der Waals surface area contributed by atoms with Crippen molar-refractivity contribution in [3.8, 4) is 22.6 Å². The molecule has 0 aliphatic carbocycles. The Morgan fingerprint density at radius 1 is 0.529 bits per heavy atom. The molecule has 2 rings (SSSR count). The molecule has 2 N–H and O–H groups in total. The van der Waals surface area contributed by atoms with Gasteiger partial charge in [-0.05, 0) is 70.1 Å². The van der Waals surface area contributed by atoms with Gasteiger partial charge in [-0.15, -0.1) is 0 Å². The van der Waals surface area contributed by atoms with Crippen molar-refractivity contribution in [3.05, 3.63) is 46.5 Å². The van der Waals surface area contributed by atoms with Gasteiger partial charge in [0.2, 0.25) is 0 Å². The quantitative estimate of drug-likeness (QED) is 0.386. The summed E-state index contributed by atoms with van der Waals surface area (Å²) in [5.41, 5.74) is 5.81. The molecule has 0 heterocycles. The van der Waals surface area contributed by atoms with Crippen molar-refractivity contribution in [2.24, 2.45) is 0 Å². The molecule has 0 bridgehead atoms. The zero-order valence-electron chi connectivity index (χ0n) is 24.0. The summed E-state index contributed by atoms with van der Waals surface area (Å²) < 4.78 is 0. The van der Waals surface area contributed by atoms with Crippen LogP contribution in [0.4, 0.5) is 0 Å². The Morgan fingerprint density at radius 3 is 1.29 bits per heavy atom. The molecule has 2 nitrogen and oxygen atoms in total. The molecular formula is C32H50O2. The van der Waals surface area contributed by atoms with Crippen molar-refractivity contribution >= 4 is 0 Å². The fourth-order valence-corrected chi connectivity index (χ4v) is 5.08. The average molecular weight is 467 g/mol. The molecular weight excluding hydrogens is 416 g/mol. The van der Waals surface area contributed by atoms with Crippen molar-refractivity contribution in [3.63, 3.8) is 0 Å². The van der Waals surface area contributed by atoms with Crippen molar-refractivity contribution in [1.29, 1.82) is 0 Å². The van der Waals surface area contributed by atoms with E-state index in [2.05, 4.69) is 83.1 Å². The van der Waals surface area contributed by atoms with Crippen LogP contribution in [0.2, 0.25) is 0 Å². The lowest BCUT2D eigenvalue weighted by atomic mass is 9.59. The van der Waals surface area contributed by atoms with Gasteiger partial charge in [-0.3, -0.25) is 0 Å². The maximum absolute atomic E-state index is 12.3. The van der Waals surface area contributed by atoms with Gasteiger partial charge in [0.15, 0.2) is 0 Å². The predicted molar refractivity (Wildman–Crippen MR) is 148 cm³/mol. The monoisotopic (exact) mass is 466 g/mol. The minimum atomic E-state index is -0.224. The molecule has 0 aliphatic heterocycles. The minimum absolute atomic E-state index is 0.102. The average Bonchev–Trinajstić information content (AvgIpc) is 2.78. The number of phenolic OH excluding ortho intramolecular Hbond substituents is 2. The van der Waals surface area contributed by atoms with Gasteiger partial charge < -0.3 is 10.2 Å². The van der Waals surface area contributed by atoms with E-state index < -0.39 is 0 Å². The van der Waals surface area contributed by atoms with Gasteiger partial charge in [0, 0.05) is 16.7 Å². The van der Waals surface area contributed by atoms with E-state index in [0.29, 0.717) is 5.75 Å². The molecule has 0 saturated heterocycles. The maximum atomic E-state index is 12.3. The number of phenols is 2. The van der Waals surface area contributed by atoms with Crippen molar-refractivity contribution in [2.45, 2.75) is 130 Å². The van der Waals surface area contributed by atoms with E-state index in [-0.39, 0.29) is 27.4 Å². The summed E-state index contributed by atoms with van der Waals surface area (Å²) in [5, 5.41) is 23.3. The van der Waals surface area contributed by atoms with Crippen LogP contribution in [0, 0.1) is 0 Å². The van der Waals surface area contributed by atoms with Gasteiger partial charge in [-0.2, -0.15) is 0 Å². The Kier molecular flexibility index (Phi) is 7.98. The van der Waals surface area contributed by atoms with Crippen molar-refractivity contribution in [1.82, 2.24) is 0 Å². The fraction of sp³-hybridized carbons (Fsp3) is 0.625. The van der Waals surface area contributed by atoms with Crippen molar-refractivity contribution in [2.75, 3.05) is 0 Å². The molecule has 0 unspecified atom stereocenters. The Hall–Kier alpha value is -1.96. The van der Waals surface area contributed by atoms with Gasteiger partial charge in [-0.1, -0.05) is 101 Å². The van der Waals surface area contributed by atoms with Gasteiger partial charge in [0.25, 0.3) is 0 Å². The number of benzene rings is 2. The molecule has 0 radical (unpaired) electrons. The van der Waals surface area contributed by atoms with Crippen LogP contribution in [-0.2, 0) is 21.7 Å². The topological polar surface area (TPSA) is 40.5 Å². The Balaban J connectivity index is 3.47. The molecule has 0 aliphatic rings. The lowest BCUT2D eigenvalue weighted by Crippen LogP contribution is -2.35. The smallest absolute Gasteiger partial charge is 0.127 e. The van der Waals surface area contributed by atoms with Crippen molar-refractivity contribution < 1.29 is 10.2 Å². The molecule has 0 atom stereocenters. The Morgan fingerprint density at radius 2 is 0.882 bits per heavy atom. The summed E-state index contributed by atoms with van der Waals surface area (Å²) in [7, 11) is 0. The normalized spacial score (nSPS) is 13.4. The number of aromatic hydroxyl groups is 2. The summed E-state index contributed by atoms with van der Waals surface area (Å²) in [6.45, 7) is 27.4. The van der Waals surface area contributed by atoms with Crippen LogP contribution in [0.5, 0.6) is 11.5 Å². The van der Waals surface area contributed by atoms with E-state index in [4.69, 9.17) is 0 Å². The third-order valence-electron chi connectivity index (χ3n) is 8.89. The SMILES string of the molecule is CCC(C)(C)c1c(O)c(-c2ccccc2O)c(C(C)(C)CC)c(C(C)(C)CC)c1C(C)(C)CC. The summed E-state index contributed by atoms with van der Waals surface area (Å²) in [5.74, 6) is 0.561. The summed E-state index contributed by atoms with van der Waals surface area (Å²) in [6.07, 6.45) is 3.82. The third kappa shape index (κ3) is 4.75. The lowest BCUT2D eigenvalue weighted by molar-refractivity contribution is 0.384. The van der Waals surface area contributed by atoms with Crippen LogP contribution in [-0.4, -0.2) is 10.2 Å². The highest BCUT2D eigenvalue weighted by Gasteiger charge is 2.43. The zero-order valence-corrected chi connectivity index (χ0v) is 24.0. The van der Waals surface area contributed by atoms with Gasteiger partial charge >= 0.3 is 0 Å². The van der Waals surface area contributed by atoms with Crippen LogP contribution in [0.3, 0.4) is 0 Å². The molecule has 0 saturated carbocycles. The molecule has 190 valence electrons. The number of rotatable bonds is 9. The minimum Gasteiger partial charge on any atom is -0.507 e. The molecule has 34 heavy (non-hydrogen) atoms. The molecule has 0 amide bonds. The van der Waals surface area contributed by atoms with Gasteiger partial charge in [0.1, 0.15) is 11.5 Å². The van der Waals surface area contributed by atoms with Crippen LogP contribution in [0.15, 0.2) is 24.3 Å². The van der Waals surface area contributed by atoms with E-state index >= 15 is 0 Å². The predicted octanol–water partition coefficient (Wildman–Crippen LogP) is 9.52. The van der Waals surface area contributed by atoms with E-state index in [0.717, 1.165) is 42.4 Å². The standard InChI is InChI=1S/C32H50O2/c1-13-29(5,6)24-23(21-19-17-18-20-22(21)33)28(34)27(32(11,12)16-4)26(31(9,10)15-3)25(24)30(7,8)14-2/h17-20,33-34H,13-16H2,1-12H3. The lowest BCUT2D eigenvalue weighted by Gasteiger charge is -2.45. The number of hydrogen-bond acceptors (Lipinski definition) is 2. The Bertz CT molecular complexity index is 1020. The first-order chi connectivity index (χ1) is 15.5. The van der Waals surface area contributed by atoms with Crippen LogP contribution >= 0.6 is 0 Å². The second-order valence-corrected chi connectivity index (χ2v) is 12.7. The van der Waals surface area contributed by atoms with E-state index in [1.165, 1.54) is 16.7 Å². The summed E-state index contributed by atoms with van der Waals surface area (Å²) >= 11 is 0. The summed E-state index contributed by atoms with van der Waals surface area (Å²) in [4.78, 5) is 0. The van der Waals surface area contributed by atoms with Crippen LogP contribution in [0.1, 0.15) is 131 Å². The fourth-order valence-electron chi connectivity index (χ4n) is 5.08. The molecule has 2 heteroatoms. The number of para-hydroxylation sites is 1. The second kappa shape index (κ2) is 9.59. The Labute approximate surface area is 209 Å². The largest absolute Gasteiger partial charge is 0.507 e. The highest BCUT2D eigenvalue weighted by molar-refractivity contribution is 5.84. The van der Waals surface area contributed by atoms with Gasteiger partial charge in [0.05, 0.1) is 0 Å². The van der Waals surface area contributed by atoms with Crippen LogP contribution in [0.25, 0.3) is 11.1 Å². The first-order valence-corrected chi connectivity index (χ1v) is 13.3. The zero-order chi connectivity index (χ0) is 26.3. The first kappa shape index (κ1) is 28.3. The number of hydrogen-bond donors (Lipinski definition) is 2. The van der Waals surface area contributed by atoms with E-state index in [1.807, 2.05) is 18.2 Å². The van der Waals surface area contributed by atoms with E-state index in [9.17, 15) is 10.2 Å². The van der Waals surface area contributed by atoms with E-state index in [1.54, 1.807) is 6.07 Å². The molecule has 0 aromatic heterocycles. The van der Waals surface area contributed by atoms with Crippen LogP contribution < -0.4 is 0 Å². The molecule has 0 fully saturated rings. The van der Waals surface area contributed by atoms with Gasteiger partial charge in [-0.25, -0.2) is 0 Å². The molecule has 0 spiro atoms. The maximum Gasteiger partial charge on any atom is 0.127 e. The first-order valence-electron chi connectivity index (χ1n) is 13.3. The third-order valence-corrected chi connectivity index (χ3v) is 8.89. The summed E-state index contributed by atoms with van der Waals surface area (Å²) in [6, 6.07) is 7.49. The second-order valence-electron chi connectivity index (χ2n) is 12.7. The highest BCUT2D eigenvalue weighted by atomic mass is 16.3. The molecule has 2 aromatic rings. The molecule has 2 aromatic carbocycles.